The summed E-state index contributed by atoms with van der Waals surface area (Å²) in [4.78, 5) is 29.4. The van der Waals surface area contributed by atoms with E-state index >= 15 is 0 Å². The number of halogens is 2. The van der Waals surface area contributed by atoms with Crippen molar-refractivity contribution in [3.63, 3.8) is 0 Å². The van der Waals surface area contributed by atoms with E-state index in [1.807, 2.05) is 49.4 Å². The van der Waals surface area contributed by atoms with Gasteiger partial charge in [-0.3, -0.25) is 9.69 Å². The Bertz CT molecular complexity index is 1170. The van der Waals surface area contributed by atoms with E-state index in [0.29, 0.717) is 46.6 Å². The fraction of sp³-hybridized carbons (Fsp3) is 0.200. The van der Waals surface area contributed by atoms with E-state index < -0.39 is 0 Å². The second kappa shape index (κ2) is 9.63. The summed E-state index contributed by atoms with van der Waals surface area (Å²) in [5.74, 6) is -0.250. The molecule has 5 nitrogen and oxygen atoms in total. The SMILES string of the molecule is Cc1cccc(C(=O)Nc2cc(N3CCCN(Cc4cccc(Cl)c4)C3=O)ccc2Cl)c1. The fourth-order valence-corrected chi connectivity index (χ4v) is 4.16. The van der Waals surface area contributed by atoms with Crippen molar-refractivity contribution in [2.24, 2.45) is 0 Å². The second-order valence-corrected chi connectivity index (χ2v) is 8.67. The highest BCUT2D eigenvalue weighted by Crippen LogP contribution is 2.30. The van der Waals surface area contributed by atoms with Crippen LogP contribution in [-0.4, -0.2) is 29.9 Å². The predicted molar refractivity (Wildman–Crippen MR) is 130 cm³/mol. The minimum atomic E-state index is -0.250. The van der Waals surface area contributed by atoms with Gasteiger partial charge in [0.25, 0.3) is 5.91 Å². The number of amides is 3. The number of aryl methyl sites for hydroxylation is 1. The lowest BCUT2D eigenvalue weighted by atomic mass is 10.1. The van der Waals surface area contributed by atoms with Crippen LogP contribution in [-0.2, 0) is 6.54 Å². The summed E-state index contributed by atoms with van der Waals surface area (Å²) in [6.07, 6.45) is 0.833. The van der Waals surface area contributed by atoms with E-state index in [0.717, 1.165) is 17.5 Å². The van der Waals surface area contributed by atoms with Crippen molar-refractivity contribution in [3.8, 4) is 0 Å². The van der Waals surface area contributed by atoms with Gasteiger partial charge in [-0.1, -0.05) is 53.0 Å². The van der Waals surface area contributed by atoms with Gasteiger partial charge < -0.3 is 10.2 Å². The molecule has 0 saturated carbocycles. The number of benzene rings is 3. The lowest BCUT2D eigenvalue weighted by Crippen LogP contribution is -2.49. The molecule has 1 N–H and O–H groups in total. The molecule has 3 aromatic carbocycles. The van der Waals surface area contributed by atoms with E-state index in [4.69, 9.17) is 23.2 Å². The highest BCUT2D eigenvalue weighted by molar-refractivity contribution is 6.34. The lowest BCUT2D eigenvalue weighted by Gasteiger charge is -2.36. The molecule has 1 aliphatic heterocycles. The van der Waals surface area contributed by atoms with Crippen LogP contribution < -0.4 is 10.2 Å². The van der Waals surface area contributed by atoms with Crippen LogP contribution >= 0.6 is 23.2 Å². The zero-order valence-corrected chi connectivity index (χ0v) is 19.2. The molecule has 4 rings (SSSR count). The van der Waals surface area contributed by atoms with Crippen LogP contribution in [0.3, 0.4) is 0 Å². The standard InChI is InChI=1S/C25H23Cl2N3O2/c1-17-5-2-7-19(13-17)24(31)28-23-15-21(9-10-22(23)27)30-12-4-11-29(25(30)32)16-18-6-3-8-20(26)14-18/h2-3,5-10,13-15H,4,11-12,16H2,1H3,(H,28,31). The topological polar surface area (TPSA) is 52.7 Å². The van der Waals surface area contributed by atoms with Crippen molar-refractivity contribution >= 4 is 46.5 Å². The average molecular weight is 468 g/mol. The zero-order chi connectivity index (χ0) is 22.7. The third-order valence-electron chi connectivity index (χ3n) is 5.36. The number of nitrogens with one attached hydrogen (secondary N) is 1. The van der Waals surface area contributed by atoms with Crippen molar-refractivity contribution in [2.75, 3.05) is 23.3 Å². The zero-order valence-electron chi connectivity index (χ0n) is 17.6. The monoisotopic (exact) mass is 467 g/mol. The molecule has 3 amide bonds. The number of urea groups is 1. The Labute approximate surface area is 197 Å². The number of nitrogens with zero attached hydrogens (tertiary/aromatic N) is 2. The third kappa shape index (κ3) is 5.06. The van der Waals surface area contributed by atoms with Crippen molar-refractivity contribution in [3.05, 3.63) is 93.5 Å². The molecule has 32 heavy (non-hydrogen) atoms. The molecule has 0 spiro atoms. The molecule has 0 aliphatic carbocycles. The van der Waals surface area contributed by atoms with Gasteiger partial charge >= 0.3 is 6.03 Å². The summed E-state index contributed by atoms with van der Waals surface area (Å²) in [6, 6.07) is 20.0. The van der Waals surface area contributed by atoms with Gasteiger partial charge in [0.1, 0.15) is 0 Å². The van der Waals surface area contributed by atoms with E-state index in [1.165, 1.54) is 0 Å². The molecule has 1 aliphatic rings. The molecule has 3 aromatic rings. The smallest absolute Gasteiger partial charge is 0.321 e. The number of carbonyl (C=O) groups excluding carboxylic acids is 2. The Balaban J connectivity index is 1.52. The summed E-state index contributed by atoms with van der Waals surface area (Å²) in [6.45, 7) is 3.69. The molecule has 0 atom stereocenters. The highest BCUT2D eigenvalue weighted by Gasteiger charge is 2.27. The van der Waals surface area contributed by atoms with E-state index in [1.54, 1.807) is 34.1 Å². The van der Waals surface area contributed by atoms with Crippen LogP contribution in [0.4, 0.5) is 16.2 Å². The molecule has 7 heteroatoms. The first-order chi connectivity index (χ1) is 15.4. The maximum Gasteiger partial charge on any atom is 0.324 e. The van der Waals surface area contributed by atoms with E-state index in [9.17, 15) is 9.59 Å². The van der Waals surface area contributed by atoms with E-state index in [-0.39, 0.29) is 11.9 Å². The van der Waals surface area contributed by atoms with Crippen LogP contribution in [0.1, 0.15) is 27.9 Å². The lowest BCUT2D eigenvalue weighted by molar-refractivity contribution is 0.102. The van der Waals surface area contributed by atoms with Crippen molar-refractivity contribution in [1.82, 2.24) is 4.90 Å². The van der Waals surface area contributed by atoms with Gasteiger partial charge in [-0.05, 0) is 61.4 Å². The van der Waals surface area contributed by atoms with Crippen LogP contribution in [0.15, 0.2) is 66.7 Å². The maximum absolute atomic E-state index is 13.2. The molecule has 1 fully saturated rings. The summed E-state index contributed by atoms with van der Waals surface area (Å²) >= 11 is 12.4. The van der Waals surface area contributed by atoms with Gasteiger partial charge in [0, 0.05) is 35.9 Å². The predicted octanol–water partition coefficient (Wildman–Crippen LogP) is 6.39. The van der Waals surface area contributed by atoms with Crippen LogP contribution in [0.2, 0.25) is 10.0 Å². The molecule has 0 aromatic heterocycles. The summed E-state index contributed by atoms with van der Waals surface area (Å²) < 4.78 is 0. The fourth-order valence-electron chi connectivity index (χ4n) is 3.78. The number of rotatable bonds is 5. The van der Waals surface area contributed by atoms with Crippen LogP contribution in [0, 0.1) is 6.92 Å². The maximum atomic E-state index is 13.2. The Morgan fingerprint density at radius 3 is 2.59 bits per heavy atom. The van der Waals surface area contributed by atoms with Gasteiger partial charge in [-0.25, -0.2) is 4.79 Å². The Kier molecular flexibility index (Phi) is 6.68. The molecule has 0 bridgehead atoms. The molecule has 0 unspecified atom stereocenters. The average Bonchev–Trinajstić information content (AvgIpc) is 2.77. The molecule has 1 saturated heterocycles. The summed E-state index contributed by atoms with van der Waals surface area (Å²) in [5.41, 5.74) is 3.68. The highest BCUT2D eigenvalue weighted by atomic mass is 35.5. The first kappa shape index (κ1) is 22.2. The molecular formula is C25H23Cl2N3O2. The van der Waals surface area contributed by atoms with Crippen LogP contribution in [0.5, 0.6) is 0 Å². The van der Waals surface area contributed by atoms with Gasteiger partial charge in [0.05, 0.1) is 10.7 Å². The first-order valence-corrected chi connectivity index (χ1v) is 11.1. The largest absolute Gasteiger partial charge is 0.324 e. The number of hydrogen-bond acceptors (Lipinski definition) is 2. The van der Waals surface area contributed by atoms with Crippen molar-refractivity contribution in [2.45, 2.75) is 19.9 Å². The quantitative estimate of drug-likeness (QED) is 0.472. The number of carbonyl (C=O) groups is 2. The van der Waals surface area contributed by atoms with E-state index in [2.05, 4.69) is 5.32 Å². The van der Waals surface area contributed by atoms with Gasteiger partial charge in [0.2, 0.25) is 0 Å². The first-order valence-electron chi connectivity index (χ1n) is 10.4. The molecule has 1 heterocycles. The molecule has 0 radical (unpaired) electrons. The van der Waals surface area contributed by atoms with Crippen molar-refractivity contribution < 1.29 is 9.59 Å². The van der Waals surface area contributed by atoms with Gasteiger partial charge in [-0.2, -0.15) is 0 Å². The number of hydrogen-bond donors (Lipinski definition) is 1. The van der Waals surface area contributed by atoms with Gasteiger partial charge in [-0.15, -0.1) is 0 Å². The molecular weight excluding hydrogens is 445 g/mol. The number of anilines is 2. The Morgan fingerprint density at radius 2 is 1.81 bits per heavy atom. The Hall–Kier alpha value is -3.02. The second-order valence-electron chi connectivity index (χ2n) is 7.83. The minimum absolute atomic E-state index is 0.0884. The normalized spacial score (nSPS) is 13.9. The third-order valence-corrected chi connectivity index (χ3v) is 5.93. The van der Waals surface area contributed by atoms with Gasteiger partial charge in [0.15, 0.2) is 0 Å². The minimum Gasteiger partial charge on any atom is -0.321 e. The van der Waals surface area contributed by atoms with Crippen molar-refractivity contribution in [1.29, 1.82) is 0 Å². The van der Waals surface area contributed by atoms with Crippen LogP contribution in [0.25, 0.3) is 0 Å². The summed E-state index contributed by atoms with van der Waals surface area (Å²) in [5, 5.41) is 3.93. The molecule has 164 valence electrons. The Morgan fingerprint density at radius 1 is 1.00 bits per heavy atom. The summed E-state index contributed by atoms with van der Waals surface area (Å²) in [7, 11) is 0.